The van der Waals surface area contributed by atoms with E-state index in [9.17, 15) is 4.79 Å². The van der Waals surface area contributed by atoms with Crippen molar-refractivity contribution in [3.8, 4) is 0 Å². The summed E-state index contributed by atoms with van der Waals surface area (Å²) >= 11 is 0. The molecule has 0 aliphatic carbocycles. The Morgan fingerprint density at radius 2 is 1.69 bits per heavy atom. The first-order valence-electron chi connectivity index (χ1n) is 5.70. The van der Waals surface area contributed by atoms with Crippen molar-refractivity contribution in [2.75, 3.05) is 0 Å². The van der Waals surface area contributed by atoms with E-state index >= 15 is 0 Å². The van der Waals surface area contributed by atoms with Crippen LogP contribution >= 0.6 is 0 Å². The summed E-state index contributed by atoms with van der Waals surface area (Å²) in [5, 5.41) is 0. The van der Waals surface area contributed by atoms with E-state index in [1.165, 1.54) is 11.1 Å². The SMILES string of the molecule is C=CCCC(=O)c1c(C)c(C)cc(C)c1C. The van der Waals surface area contributed by atoms with Crippen molar-refractivity contribution in [2.45, 2.75) is 40.5 Å². The van der Waals surface area contributed by atoms with Gasteiger partial charge in [0.25, 0.3) is 0 Å². The molecule has 0 unspecified atom stereocenters. The van der Waals surface area contributed by atoms with Gasteiger partial charge in [0, 0.05) is 12.0 Å². The zero-order valence-corrected chi connectivity index (χ0v) is 10.7. The molecule has 86 valence electrons. The van der Waals surface area contributed by atoms with Crippen molar-refractivity contribution in [1.29, 1.82) is 0 Å². The van der Waals surface area contributed by atoms with Crippen LogP contribution in [0.15, 0.2) is 18.7 Å². The summed E-state index contributed by atoms with van der Waals surface area (Å²) in [7, 11) is 0. The number of hydrogen-bond acceptors (Lipinski definition) is 1. The van der Waals surface area contributed by atoms with E-state index in [4.69, 9.17) is 0 Å². The molecule has 0 amide bonds. The summed E-state index contributed by atoms with van der Waals surface area (Å²) in [6.07, 6.45) is 3.12. The molecule has 0 heterocycles. The molecule has 0 fully saturated rings. The molecular formula is C15H20O. The number of allylic oxidation sites excluding steroid dienone is 1. The molecule has 1 heteroatoms. The molecule has 16 heavy (non-hydrogen) atoms. The zero-order valence-electron chi connectivity index (χ0n) is 10.7. The molecule has 1 aromatic carbocycles. The number of carbonyl (C=O) groups excluding carboxylic acids is 1. The van der Waals surface area contributed by atoms with Gasteiger partial charge >= 0.3 is 0 Å². The smallest absolute Gasteiger partial charge is 0.163 e. The highest BCUT2D eigenvalue weighted by atomic mass is 16.1. The standard InChI is InChI=1S/C15H20O/c1-6-7-8-14(16)15-12(4)10(2)9-11(3)13(15)5/h6,9H,1,7-8H2,2-5H3. The second-order valence-corrected chi connectivity index (χ2v) is 4.39. The highest BCUT2D eigenvalue weighted by Gasteiger charge is 2.14. The third-order valence-electron chi connectivity index (χ3n) is 3.22. The molecule has 0 atom stereocenters. The molecule has 0 bridgehead atoms. The topological polar surface area (TPSA) is 17.1 Å². The Hall–Kier alpha value is -1.37. The highest BCUT2D eigenvalue weighted by molar-refractivity contribution is 5.99. The number of hydrogen-bond donors (Lipinski definition) is 0. The number of Topliss-reactive ketones (excluding diaryl/α,β-unsaturated/α-hetero) is 1. The van der Waals surface area contributed by atoms with Crippen molar-refractivity contribution in [1.82, 2.24) is 0 Å². The lowest BCUT2D eigenvalue weighted by atomic mass is 9.90. The Kier molecular flexibility index (Phi) is 4.05. The minimum atomic E-state index is 0.238. The van der Waals surface area contributed by atoms with Crippen LogP contribution in [0.2, 0.25) is 0 Å². The quantitative estimate of drug-likeness (QED) is 0.547. The van der Waals surface area contributed by atoms with Crippen LogP contribution < -0.4 is 0 Å². The van der Waals surface area contributed by atoms with Gasteiger partial charge in [-0.1, -0.05) is 12.1 Å². The lowest BCUT2D eigenvalue weighted by Crippen LogP contribution is -2.07. The van der Waals surface area contributed by atoms with E-state index < -0.39 is 0 Å². The highest BCUT2D eigenvalue weighted by Crippen LogP contribution is 2.23. The first-order chi connectivity index (χ1) is 7.49. The summed E-state index contributed by atoms with van der Waals surface area (Å²) in [6.45, 7) is 11.8. The Bertz CT molecular complexity index is 401. The summed E-state index contributed by atoms with van der Waals surface area (Å²) in [5.74, 6) is 0.238. The Balaban J connectivity index is 3.21. The first-order valence-corrected chi connectivity index (χ1v) is 5.70. The van der Waals surface area contributed by atoms with E-state index in [1.54, 1.807) is 6.08 Å². The number of carbonyl (C=O) groups is 1. The Labute approximate surface area is 98.2 Å². The third-order valence-corrected chi connectivity index (χ3v) is 3.22. The molecule has 0 radical (unpaired) electrons. The maximum absolute atomic E-state index is 12.1. The maximum Gasteiger partial charge on any atom is 0.163 e. The van der Waals surface area contributed by atoms with Crippen molar-refractivity contribution in [3.05, 3.63) is 46.5 Å². The van der Waals surface area contributed by atoms with Crippen molar-refractivity contribution < 1.29 is 4.79 Å². The van der Waals surface area contributed by atoms with Crippen LogP contribution in [-0.4, -0.2) is 5.78 Å². The predicted molar refractivity (Wildman–Crippen MR) is 69.2 cm³/mol. The van der Waals surface area contributed by atoms with E-state index in [2.05, 4.69) is 26.5 Å². The fourth-order valence-electron chi connectivity index (χ4n) is 1.99. The summed E-state index contributed by atoms with van der Waals surface area (Å²) < 4.78 is 0. The maximum atomic E-state index is 12.1. The first kappa shape index (κ1) is 12.7. The van der Waals surface area contributed by atoms with Gasteiger partial charge in [-0.25, -0.2) is 0 Å². The molecule has 0 aromatic heterocycles. The van der Waals surface area contributed by atoms with Crippen LogP contribution in [0.4, 0.5) is 0 Å². The van der Waals surface area contributed by atoms with E-state index in [1.807, 2.05) is 13.8 Å². The average Bonchev–Trinajstić information content (AvgIpc) is 2.24. The van der Waals surface area contributed by atoms with Gasteiger partial charge < -0.3 is 0 Å². The van der Waals surface area contributed by atoms with Crippen LogP contribution in [0.1, 0.15) is 45.5 Å². The molecule has 0 saturated heterocycles. The van der Waals surface area contributed by atoms with Gasteiger partial charge in [0.1, 0.15) is 0 Å². The summed E-state index contributed by atoms with van der Waals surface area (Å²) in [5.41, 5.74) is 5.56. The van der Waals surface area contributed by atoms with Crippen LogP contribution in [0, 0.1) is 27.7 Å². The third kappa shape index (κ3) is 2.41. The van der Waals surface area contributed by atoms with Crippen molar-refractivity contribution >= 4 is 5.78 Å². The molecular weight excluding hydrogens is 196 g/mol. The van der Waals surface area contributed by atoms with Gasteiger partial charge in [-0.2, -0.15) is 0 Å². The normalized spacial score (nSPS) is 10.2. The molecule has 0 aliphatic heterocycles. The van der Waals surface area contributed by atoms with E-state index in [0.717, 1.165) is 23.1 Å². The number of rotatable bonds is 4. The predicted octanol–water partition coefficient (Wildman–Crippen LogP) is 4.07. The lowest BCUT2D eigenvalue weighted by Gasteiger charge is -2.13. The second-order valence-electron chi connectivity index (χ2n) is 4.39. The number of ketones is 1. The monoisotopic (exact) mass is 216 g/mol. The zero-order chi connectivity index (χ0) is 12.3. The van der Waals surface area contributed by atoms with Crippen LogP contribution in [-0.2, 0) is 0 Å². The minimum absolute atomic E-state index is 0.238. The average molecular weight is 216 g/mol. The van der Waals surface area contributed by atoms with Crippen molar-refractivity contribution in [2.24, 2.45) is 0 Å². The lowest BCUT2D eigenvalue weighted by molar-refractivity contribution is 0.0982. The van der Waals surface area contributed by atoms with E-state index in [-0.39, 0.29) is 5.78 Å². The van der Waals surface area contributed by atoms with Gasteiger partial charge in [-0.3, -0.25) is 4.79 Å². The minimum Gasteiger partial charge on any atom is -0.294 e. The largest absolute Gasteiger partial charge is 0.294 e. The van der Waals surface area contributed by atoms with Crippen LogP contribution in [0.5, 0.6) is 0 Å². The molecule has 0 N–H and O–H groups in total. The molecule has 1 nitrogen and oxygen atoms in total. The van der Waals surface area contributed by atoms with Crippen LogP contribution in [0.3, 0.4) is 0 Å². The van der Waals surface area contributed by atoms with Crippen LogP contribution in [0.25, 0.3) is 0 Å². The molecule has 0 spiro atoms. The Morgan fingerprint density at radius 3 is 2.12 bits per heavy atom. The fraction of sp³-hybridized carbons (Fsp3) is 0.400. The Morgan fingerprint density at radius 1 is 1.19 bits per heavy atom. The second kappa shape index (κ2) is 5.11. The van der Waals surface area contributed by atoms with Gasteiger partial charge in [-0.05, 0) is 56.4 Å². The molecule has 0 saturated carbocycles. The van der Waals surface area contributed by atoms with Gasteiger partial charge in [-0.15, -0.1) is 6.58 Å². The number of benzene rings is 1. The molecule has 0 aliphatic rings. The summed E-state index contributed by atoms with van der Waals surface area (Å²) in [4.78, 5) is 12.1. The van der Waals surface area contributed by atoms with Gasteiger partial charge in [0.05, 0.1) is 0 Å². The fourth-order valence-corrected chi connectivity index (χ4v) is 1.99. The summed E-state index contributed by atoms with van der Waals surface area (Å²) in [6, 6.07) is 2.15. The molecule has 1 aromatic rings. The van der Waals surface area contributed by atoms with E-state index in [0.29, 0.717) is 6.42 Å². The van der Waals surface area contributed by atoms with Gasteiger partial charge in [0.15, 0.2) is 5.78 Å². The molecule has 1 rings (SSSR count). The number of aryl methyl sites for hydroxylation is 2. The van der Waals surface area contributed by atoms with Crippen molar-refractivity contribution in [3.63, 3.8) is 0 Å². The van der Waals surface area contributed by atoms with Gasteiger partial charge in [0.2, 0.25) is 0 Å².